The first-order valence-electron chi connectivity index (χ1n) is 9.42. The number of hydrogen-bond acceptors (Lipinski definition) is 2. The zero-order valence-corrected chi connectivity index (χ0v) is 16.0. The Balaban J connectivity index is 2.46. The zero-order valence-electron chi connectivity index (χ0n) is 16.0. The second kappa shape index (κ2) is 9.86. The number of hydrogen-bond donors (Lipinski definition) is 1. The van der Waals surface area contributed by atoms with Crippen LogP contribution in [0.4, 0.5) is 0 Å². The minimum absolute atomic E-state index is 0.265. The van der Waals surface area contributed by atoms with Gasteiger partial charge in [-0.05, 0) is 54.2 Å². The van der Waals surface area contributed by atoms with Crippen LogP contribution in [0.25, 0.3) is 11.1 Å². The molecule has 2 aromatic carbocycles. The second-order valence-corrected chi connectivity index (χ2v) is 6.66. The van der Waals surface area contributed by atoms with Crippen LogP contribution < -0.4 is 4.74 Å². The van der Waals surface area contributed by atoms with Crippen LogP contribution in [0.5, 0.6) is 11.5 Å². The summed E-state index contributed by atoms with van der Waals surface area (Å²) in [6, 6.07) is 11.9. The third-order valence-electron chi connectivity index (χ3n) is 4.78. The van der Waals surface area contributed by atoms with Gasteiger partial charge in [0, 0.05) is 11.1 Å². The normalized spacial score (nSPS) is 10.7. The molecule has 0 radical (unpaired) electrons. The molecule has 2 aromatic rings. The molecule has 26 heavy (non-hydrogen) atoms. The molecule has 0 amide bonds. The molecule has 0 aliphatic heterocycles. The summed E-state index contributed by atoms with van der Waals surface area (Å²) in [6.45, 7) is 12.7. The molecular formula is C24H30O2. The quantitative estimate of drug-likeness (QED) is 0.507. The third-order valence-corrected chi connectivity index (χ3v) is 4.78. The predicted molar refractivity (Wildman–Crippen MR) is 111 cm³/mol. The van der Waals surface area contributed by atoms with Gasteiger partial charge in [0.15, 0.2) is 0 Å². The van der Waals surface area contributed by atoms with E-state index in [2.05, 4.69) is 39.1 Å². The molecule has 2 rings (SSSR count). The van der Waals surface area contributed by atoms with Crippen LogP contribution in [-0.4, -0.2) is 11.7 Å². The summed E-state index contributed by atoms with van der Waals surface area (Å²) < 4.78 is 6.17. The average molecular weight is 351 g/mol. The van der Waals surface area contributed by atoms with E-state index >= 15 is 0 Å². The lowest BCUT2D eigenvalue weighted by Gasteiger charge is -2.18. The van der Waals surface area contributed by atoms with Crippen molar-refractivity contribution < 1.29 is 9.84 Å². The molecule has 138 valence electrons. The van der Waals surface area contributed by atoms with Gasteiger partial charge in [-0.2, -0.15) is 0 Å². The molecule has 0 spiro atoms. The van der Waals surface area contributed by atoms with Gasteiger partial charge in [0.25, 0.3) is 0 Å². The molecule has 0 heterocycles. The summed E-state index contributed by atoms with van der Waals surface area (Å²) in [5.41, 5.74) is 4.00. The molecule has 0 aliphatic carbocycles. The van der Waals surface area contributed by atoms with E-state index in [0.29, 0.717) is 12.5 Å². The predicted octanol–water partition coefficient (Wildman–Crippen LogP) is 6.33. The first-order valence-corrected chi connectivity index (χ1v) is 9.42. The lowest BCUT2D eigenvalue weighted by atomic mass is 9.97. The van der Waals surface area contributed by atoms with Gasteiger partial charge in [-0.15, -0.1) is 13.2 Å². The van der Waals surface area contributed by atoms with Gasteiger partial charge in [0.05, 0.1) is 6.61 Å². The Morgan fingerprint density at radius 1 is 0.923 bits per heavy atom. The summed E-state index contributed by atoms with van der Waals surface area (Å²) >= 11 is 0. The Morgan fingerprint density at radius 3 is 2.08 bits per heavy atom. The minimum atomic E-state index is 0.265. The van der Waals surface area contributed by atoms with Gasteiger partial charge >= 0.3 is 0 Å². The second-order valence-electron chi connectivity index (χ2n) is 6.66. The highest BCUT2D eigenvalue weighted by Crippen LogP contribution is 2.38. The van der Waals surface area contributed by atoms with E-state index in [1.54, 1.807) is 6.07 Å². The van der Waals surface area contributed by atoms with E-state index in [-0.39, 0.29) is 5.75 Å². The summed E-state index contributed by atoms with van der Waals surface area (Å²) in [5, 5.41) is 10.5. The van der Waals surface area contributed by atoms with Crippen LogP contribution >= 0.6 is 0 Å². The van der Waals surface area contributed by atoms with Crippen molar-refractivity contribution in [3.63, 3.8) is 0 Å². The number of rotatable bonds is 10. The Kier molecular flexibility index (Phi) is 7.53. The topological polar surface area (TPSA) is 29.5 Å². The molecule has 0 saturated heterocycles. The monoisotopic (exact) mass is 350 g/mol. The molecule has 0 unspecified atom stereocenters. The maximum absolute atomic E-state index is 10.5. The van der Waals surface area contributed by atoms with E-state index in [1.165, 1.54) is 0 Å². The highest BCUT2D eigenvalue weighted by Gasteiger charge is 2.14. The SMILES string of the molecule is C=CCc1ccc(O)c(-c2cc(CC=C)ccc2OCC(CC)CC)c1. The fraction of sp³-hybridized carbons (Fsp3) is 0.333. The lowest BCUT2D eigenvalue weighted by Crippen LogP contribution is -2.10. The first-order chi connectivity index (χ1) is 12.6. The molecule has 0 bridgehead atoms. The van der Waals surface area contributed by atoms with Crippen molar-refractivity contribution in [2.24, 2.45) is 5.92 Å². The van der Waals surface area contributed by atoms with Crippen molar-refractivity contribution in [1.29, 1.82) is 0 Å². The standard InChI is InChI=1S/C24H30O2/c1-5-9-19-11-13-23(25)21(15-19)22-16-20(10-6-2)12-14-24(22)26-17-18(7-3)8-4/h5-6,11-16,18,25H,1-2,7-10,17H2,3-4H3. The molecule has 0 aliphatic rings. The van der Waals surface area contributed by atoms with Crippen molar-refractivity contribution >= 4 is 0 Å². The Hall–Kier alpha value is -2.48. The minimum Gasteiger partial charge on any atom is -0.507 e. The molecule has 0 saturated carbocycles. The van der Waals surface area contributed by atoms with Crippen LogP contribution in [-0.2, 0) is 12.8 Å². The highest BCUT2D eigenvalue weighted by molar-refractivity contribution is 5.76. The van der Waals surface area contributed by atoms with Crippen LogP contribution in [0, 0.1) is 5.92 Å². The Bertz CT molecular complexity index is 742. The number of phenolic OH excluding ortho intramolecular Hbond substituents is 1. The van der Waals surface area contributed by atoms with Gasteiger partial charge < -0.3 is 9.84 Å². The van der Waals surface area contributed by atoms with Gasteiger partial charge in [0.1, 0.15) is 11.5 Å². The van der Waals surface area contributed by atoms with Gasteiger partial charge in [-0.25, -0.2) is 0 Å². The number of phenols is 1. The molecule has 2 nitrogen and oxygen atoms in total. The number of allylic oxidation sites excluding steroid dienone is 2. The average Bonchev–Trinajstić information content (AvgIpc) is 2.65. The third kappa shape index (κ3) is 5.01. The molecule has 2 heteroatoms. The first kappa shape index (κ1) is 19.8. The van der Waals surface area contributed by atoms with Crippen molar-refractivity contribution in [3.05, 3.63) is 72.8 Å². The van der Waals surface area contributed by atoms with Crippen LogP contribution in [0.15, 0.2) is 61.7 Å². The molecular weight excluding hydrogens is 320 g/mol. The Labute approximate surface area is 157 Å². The maximum Gasteiger partial charge on any atom is 0.127 e. The van der Waals surface area contributed by atoms with Crippen molar-refractivity contribution in [2.45, 2.75) is 39.5 Å². The largest absolute Gasteiger partial charge is 0.507 e. The van der Waals surface area contributed by atoms with E-state index in [4.69, 9.17) is 4.74 Å². The smallest absolute Gasteiger partial charge is 0.127 e. The number of ether oxygens (including phenoxy) is 1. The zero-order chi connectivity index (χ0) is 18.9. The van der Waals surface area contributed by atoms with Crippen LogP contribution in [0.2, 0.25) is 0 Å². The molecule has 0 atom stereocenters. The molecule has 1 N–H and O–H groups in total. The summed E-state index contributed by atoms with van der Waals surface area (Å²) in [6.07, 6.45) is 7.50. The van der Waals surface area contributed by atoms with E-state index in [0.717, 1.165) is 53.7 Å². The summed E-state index contributed by atoms with van der Waals surface area (Å²) in [5.74, 6) is 1.62. The Morgan fingerprint density at radius 2 is 1.50 bits per heavy atom. The van der Waals surface area contributed by atoms with Crippen molar-refractivity contribution in [2.75, 3.05) is 6.61 Å². The summed E-state index contributed by atoms with van der Waals surface area (Å²) in [7, 11) is 0. The van der Waals surface area contributed by atoms with Gasteiger partial charge in [-0.1, -0.05) is 51.0 Å². The van der Waals surface area contributed by atoms with Crippen LogP contribution in [0.3, 0.4) is 0 Å². The van der Waals surface area contributed by atoms with E-state index in [1.807, 2.05) is 30.4 Å². The van der Waals surface area contributed by atoms with Crippen molar-refractivity contribution in [3.8, 4) is 22.6 Å². The van der Waals surface area contributed by atoms with Gasteiger partial charge in [-0.3, -0.25) is 0 Å². The molecule has 0 fully saturated rings. The summed E-state index contributed by atoms with van der Waals surface area (Å²) in [4.78, 5) is 0. The number of benzene rings is 2. The van der Waals surface area contributed by atoms with Gasteiger partial charge in [0.2, 0.25) is 0 Å². The lowest BCUT2D eigenvalue weighted by molar-refractivity contribution is 0.241. The molecule has 0 aromatic heterocycles. The fourth-order valence-electron chi connectivity index (χ4n) is 3.03. The van der Waals surface area contributed by atoms with Crippen LogP contribution in [0.1, 0.15) is 37.8 Å². The highest BCUT2D eigenvalue weighted by atomic mass is 16.5. The maximum atomic E-state index is 10.5. The van der Waals surface area contributed by atoms with E-state index < -0.39 is 0 Å². The van der Waals surface area contributed by atoms with Crippen molar-refractivity contribution in [1.82, 2.24) is 0 Å². The fourth-order valence-corrected chi connectivity index (χ4v) is 3.03. The van der Waals surface area contributed by atoms with E-state index in [9.17, 15) is 5.11 Å². The number of aromatic hydroxyl groups is 1.